The molecule has 1 saturated heterocycles. The predicted octanol–water partition coefficient (Wildman–Crippen LogP) is 1.74. The van der Waals surface area contributed by atoms with Gasteiger partial charge in [-0.2, -0.15) is 0 Å². The fourth-order valence-corrected chi connectivity index (χ4v) is 1.69. The maximum Gasteiger partial charge on any atom is 0.0804 e. The smallest absolute Gasteiger partial charge is 0.0804 e. The molecular formula is C10H18O2. The molecule has 12 heavy (non-hydrogen) atoms. The molecule has 0 bridgehead atoms. The summed E-state index contributed by atoms with van der Waals surface area (Å²) < 4.78 is 5.25. The summed E-state index contributed by atoms with van der Waals surface area (Å²) in [5, 5.41) is 9.63. The summed E-state index contributed by atoms with van der Waals surface area (Å²) in [6.45, 7) is 7.14. The Morgan fingerprint density at radius 2 is 2.42 bits per heavy atom. The summed E-state index contributed by atoms with van der Waals surface area (Å²) in [6, 6.07) is 0. The van der Waals surface area contributed by atoms with Gasteiger partial charge in [0, 0.05) is 0 Å². The maximum absolute atomic E-state index is 9.63. The number of hydrogen-bond acceptors (Lipinski definition) is 2. The van der Waals surface area contributed by atoms with Crippen LogP contribution in [0.25, 0.3) is 0 Å². The van der Waals surface area contributed by atoms with Crippen LogP contribution in [-0.2, 0) is 4.74 Å². The van der Waals surface area contributed by atoms with Crippen molar-refractivity contribution in [2.75, 3.05) is 13.2 Å². The van der Waals surface area contributed by atoms with E-state index < -0.39 is 0 Å². The van der Waals surface area contributed by atoms with Gasteiger partial charge >= 0.3 is 0 Å². The Bertz CT molecular complexity index is 154. The van der Waals surface area contributed by atoms with Crippen molar-refractivity contribution in [1.29, 1.82) is 0 Å². The fraction of sp³-hybridized carbons (Fsp3) is 0.800. The van der Waals surface area contributed by atoms with Gasteiger partial charge in [0.1, 0.15) is 0 Å². The summed E-state index contributed by atoms with van der Waals surface area (Å²) in [5.74, 6) is 0.366. The lowest BCUT2D eigenvalue weighted by Gasteiger charge is -2.18. The lowest BCUT2D eigenvalue weighted by atomic mass is 9.92. The Kier molecular flexibility index (Phi) is 3.76. The highest BCUT2D eigenvalue weighted by molar-refractivity contribution is 4.99. The van der Waals surface area contributed by atoms with E-state index in [2.05, 4.69) is 13.5 Å². The van der Waals surface area contributed by atoms with E-state index in [1.54, 1.807) is 0 Å². The van der Waals surface area contributed by atoms with Crippen LogP contribution in [0.3, 0.4) is 0 Å². The van der Waals surface area contributed by atoms with Crippen molar-refractivity contribution in [3.05, 3.63) is 12.2 Å². The van der Waals surface area contributed by atoms with Crippen LogP contribution in [0.4, 0.5) is 0 Å². The van der Waals surface area contributed by atoms with Crippen LogP contribution in [-0.4, -0.2) is 24.4 Å². The zero-order valence-corrected chi connectivity index (χ0v) is 7.75. The number of aliphatic hydroxyl groups excluding tert-OH is 1. The molecule has 2 nitrogen and oxygen atoms in total. The molecular weight excluding hydrogens is 152 g/mol. The molecule has 0 amide bonds. The van der Waals surface area contributed by atoms with E-state index >= 15 is 0 Å². The molecule has 1 heterocycles. The van der Waals surface area contributed by atoms with Crippen LogP contribution in [0.5, 0.6) is 0 Å². The highest BCUT2D eigenvalue weighted by atomic mass is 16.5. The topological polar surface area (TPSA) is 29.5 Å². The molecule has 0 aromatic rings. The summed E-state index contributed by atoms with van der Waals surface area (Å²) in [6.07, 6.45) is 2.83. The van der Waals surface area contributed by atoms with Gasteiger partial charge in [0.15, 0.2) is 0 Å². The van der Waals surface area contributed by atoms with Crippen molar-refractivity contribution in [2.45, 2.75) is 32.3 Å². The molecule has 1 rings (SSSR count). The number of hydrogen-bond donors (Lipinski definition) is 1. The molecule has 0 aromatic carbocycles. The molecule has 1 fully saturated rings. The van der Waals surface area contributed by atoms with Gasteiger partial charge in [0.05, 0.1) is 19.3 Å². The molecule has 2 heteroatoms. The lowest BCUT2D eigenvalue weighted by molar-refractivity contribution is 0.0260. The second-order valence-corrected chi connectivity index (χ2v) is 3.59. The number of ether oxygens (including phenoxy) is 1. The SMILES string of the molecule is C=C1COC[C@H](O)[C@H](CCC)C1. The van der Waals surface area contributed by atoms with Crippen molar-refractivity contribution < 1.29 is 9.84 Å². The Morgan fingerprint density at radius 1 is 1.67 bits per heavy atom. The van der Waals surface area contributed by atoms with Gasteiger partial charge in [-0.3, -0.25) is 0 Å². The average molecular weight is 170 g/mol. The molecule has 0 aromatic heterocycles. The first-order valence-electron chi connectivity index (χ1n) is 4.66. The first-order valence-corrected chi connectivity index (χ1v) is 4.66. The lowest BCUT2D eigenvalue weighted by Crippen LogP contribution is -2.23. The van der Waals surface area contributed by atoms with E-state index in [0.717, 1.165) is 24.8 Å². The molecule has 1 aliphatic rings. The Labute approximate surface area is 74.2 Å². The fourth-order valence-electron chi connectivity index (χ4n) is 1.69. The number of rotatable bonds is 2. The van der Waals surface area contributed by atoms with Crippen LogP contribution in [0, 0.1) is 5.92 Å². The van der Waals surface area contributed by atoms with Crippen LogP contribution < -0.4 is 0 Å². The Balaban J connectivity index is 2.48. The second kappa shape index (κ2) is 4.63. The van der Waals surface area contributed by atoms with Crippen molar-refractivity contribution in [3.8, 4) is 0 Å². The number of aliphatic hydroxyl groups is 1. The quantitative estimate of drug-likeness (QED) is 0.640. The molecule has 0 unspecified atom stereocenters. The van der Waals surface area contributed by atoms with E-state index in [1.165, 1.54) is 0 Å². The summed E-state index contributed by atoms with van der Waals surface area (Å²) in [7, 11) is 0. The summed E-state index contributed by atoms with van der Waals surface area (Å²) >= 11 is 0. The molecule has 0 spiro atoms. The average Bonchev–Trinajstić information content (AvgIpc) is 2.16. The van der Waals surface area contributed by atoms with Crippen molar-refractivity contribution in [2.24, 2.45) is 5.92 Å². The normalized spacial score (nSPS) is 31.7. The zero-order chi connectivity index (χ0) is 8.97. The van der Waals surface area contributed by atoms with E-state index in [1.807, 2.05) is 0 Å². The van der Waals surface area contributed by atoms with Gasteiger partial charge in [-0.25, -0.2) is 0 Å². The van der Waals surface area contributed by atoms with Crippen LogP contribution >= 0.6 is 0 Å². The predicted molar refractivity (Wildman–Crippen MR) is 49.0 cm³/mol. The molecule has 0 aliphatic carbocycles. The third kappa shape index (κ3) is 2.61. The van der Waals surface area contributed by atoms with Gasteiger partial charge in [0.2, 0.25) is 0 Å². The van der Waals surface area contributed by atoms with Crippen LogP contribution in [0.1, 0.15) is 26.2 Å². The zero-order valence-electron chi connectivity index (χ0n) is 7.75. The summed E-state index contributed by atoms with van der Waals surface area (Å²) in [4.78, 5) is 0. The Morgan fingerprint density at radius 3 is 3.08 bits per heavy atom. The highest BCUT2D eigenvalue weighted by Gasteiger charge is 2.22. The van der Waals surface area contributed by atoms with E-state index in [-0.39, 0.29) is 6.10 Å². The van der Waals surface area contributed by atoms with Gasteiger partial charge in [-0.15, -0.1) is 0 Å². The minimum Gasteiger partial charge on any atom is -0.390 e. The van der Waals surface area contributed by atoms with Crippen LogP contribution in [0.2, 0.25) is 0 Å². The third-order valence-corrected chi connectivity index (χ3v) is 2.35. The van der Waals surface area contributed by atoms with E-state index in [4.69, 9.17) is 4.74 Å². The monoisotopic (exact) mass is 170 g/mol. The van der Waals surface area contributed by atoms with Crippen molar-refractivity contribution >= 4 is 0 Å². The van der Waals surface area contributed by atoms with E-state index in [0.29, 0.717) is 19.1 Å². The minimum absolute atomic E-state index is 0.288. The van der Waals surface area contributed by atoms with Crippen molar-refractivity contribution in [1.82, 2.24) is 0 Å². The first kappa shape index (κ1) is 9.75. The third-order valence-electron chi connectivity index (χ3n) is 2.35. The van der Waals surface area contributed by atoms with Gasteiger partial charge in [-0.05, 0) is 18.8 Å². The molecule has 1 N–H and O–H groups in total. The molecule has 0 saturated carbocycles. The standard InChI is InChI=1S/C10H18O2/c1-3-4-9-5-8(2)6-12-7-10(9)11/h9-11H,2-7H2,1H3/t9-,10+/m1/s1. The molecule has 0 radical (unpaired) electrons. The Hall–Kier alpha value is -0.340. The van der Waals surface area contributed by atoms with E-state index in [9.17, 15) is 5.11 Å². The molecule has 70 valence electrons. The second-order valence-electron chi connectivity index (χ2n) is 3.59. The first-order chi connectivity index (χ1) is 5.74. The molecule has 2 atom stereocenters. The molecule has 1 aliphatic heterocycles. The largest absolute Gasteiger partial charge is 0.390 e. The highest BCUT2D eigenvalue weighted by Crippen LogP contribution is 2.23. The van der Waals surface area contributed by atoms with Gasteiger partial charge in [0.25, 0.3) is 0 Å². The van der Waals surface area contributed by atoms with Crippen molar-refractivity contribution in [3.63, 3.8) is 0 Å². The minimum atomic E-state index is -0.288. The van der Waals surface area contributed by atoms with Gasteiger partial charge in [-0.1, -0.05) is 25.5 Å². The maximum atomic E-state index is 9.63. The van der Waals surface area contributed by atoms with Gasteiger partial charge < -0.3 is 9.84 Å². The summed E-state index contributed by atoms with van der Waals surface area (Å²) in [5.41, 5.74) is 1.12. The van der Waals surface area contributed by atoms with Crippen LogP contribution in [0.15, 0.2) is 12.2 Å².